The third kappa shape index (κ3) is 3.33. The molecule has 1 aliphatic heterocycles. The van der Waals surface area contributed by atoms with Gasteiger partial charge in [0.2, 0.25) is 0 Å². The standard InChI is InChI=1S/C15H20BNO4/c1-14(2)15(3,4)21-16(20-14)8-6-12-10-11(7-9-17-12)13(18)19-5/h6-10H,1-5H3. The SMILES string of the molecule is COC(=O)c1ccnc(C=CB2OC(C)(C)C(C)(C)O2)c1. The van der Waals surface area contributed by atoms with Crippen LogP contribution < -0.4 is 0 Å². The normalized spacial score (nSPS) is 20.0. The van der Waals surface area contributed by atoms with E-state index >= 15 is 0 Å². The lowest BCUT2D eigenvalue weighted by Gasteiger charge is -2.32. The molecule has 112 valence electrons. The van der Waals surface area contributed by atoms with Crippen molar-refractivity contribution >= 4 is 19.2 Å². The molecule has 0 amide bonds. The van der Waals surface area contributed by atoms with E-state index in [1.807, 2.05) is 27.7 Å². The predicted molar refractivity (Wildman–Crippen MR) is 80.7 cm³/mol. The molecule has 0 aliphatic carbocycles. The van der Waals surface area contributed by atoms with E-state index in [1.165, 1.54) is 7.11 Å². The highest BCUT2D eigenvalue weighted by Crippen LogP contribution is 2.36. The molecular weight excluding hydrogens is 269 g/mol. The smallest absolute Gasteiger partial charge is 0.465 e. The molecule has 0 unspecified atom stereocenters. The predicted octanol–water partition coefficient (Wildman–Crippen LogP) is 2.51. The van der Waals surface area contributed by atoms with Gasteiger partial charge in [-0.15, -0.1) is 0 Å². The van der Waals surface area contributed by atoms with Gasteiger partial charge < -0.3 is 14.0 Å². The fourth-order valence-electron chi connectivity index (χ4n) is 1.93. The highest BCUT2D eigenvalue weighted by molar-refractivity contribution is 6.52. The van der Waals surface area contributed by atoms with Crippen molar-refractivity contribution in [2.75, 3.05) is 7.11 Å². The summed E-state index contributed by atoms with van der Waals surface area (Å²) in [6.07, 6.45) is 3.34. The van der Waals surface area contributed by atoms with E-state index in [-0.39, 0.29) is 17.2 Å². The van der Waals surface area contributed by atoms with Gasteiger partial charge in [0.15, 0.2) is 0 Å². The largest absolute Gasteiger partial charge is 0.487 e. The van der Waals surface area contributed by atoms with Crippen LogP contribution >= 0.6 is 0 Å². The molecule has 5 nitrogen and oxygen atoms in total. The molecule has 1 aromatic rings. The summed E-state index contributed by atoms with van der Waals surface area (Å²) in [5, 5.41) is 0. The monoisotopic (exact) mass is 289 g/mol. The number of ether oxygens (including phenoxy) is 1. The van der Waals surface area contributed by atoms with Gasteiger partial charge in [-0.05, 0) is 45.9 Å². The van der Waals surface area contributed by atoms with Crippen molar-refractivity contribution in [2.24, 2.45) is 0 Å². The number of rotatable bonds is 3. The summed E-state index contributed by atoms with van der Waals surface area (Å²) in [6, 6.07) is 3.27. The summed E-state index contributed by atoms with van der Waals surface area (Å²) >= 11 is 0. The Hall–Kier alpha value is -1.66. The van der Waals surface area contributed by atoms with Gasteiger partial charge in [0, 0.05) is 6.20 Å². The van der Waals surface area contributed by atoms with Crippen molar-refractivity contribution in [2.45, 2.75) is 38.9 Å². The van der Waals surface area contributed by atoms with Crippen LogP contribution in [0.25, 0.3) is 6.08 Å². The topological polar surface area (TPSA) is 57.7 Å². The summed E-state index contributed by atoms with van der Waals surface area (Å²) in [5.41, 5.74) is 0.362. The van der Waals surface area contributed by atoms with Crippen LogP contribution in [0.1, 0.15) is 43.7 Å². The molecule has 1 saturated heterocycles. The molecule has 0 N–H and O–H groups in total. The number of pyridine rings is 1. The third-order valence-electron chi connectivity index (χ3n) is 3.90. The molecule has 0 bridgehead atoms. The van der Waals surface area contributed by atoms with Crippen LogP contribution in [0, 0.1) is 0 Å². The van der Waals surface area contributed by atoms with Crippen molar-refractivity contribution in [1.82, 2.24) is 4.98 Å². The van der Waals surface area contributed by atoms with Gasteiger partial charge in [-0.3, -0.25) is 4.98 Å². The number of aromatic nitrogens is 1. The van der Waals surface area contributed by atoms with Crippen molar-refractivity contribution in [3.05, 3.63) is 35.6 Å². The lowest BCUT2D eigenvalue weighted by Crippen LogP contribution is -2.41. The molecule has 0 aromatic carbocycles. The van der Waals surface area contributed by atoms with Crippen LogP contribution in [-0.4, -0.2) is 36.4 Å². The van der Waals surface area contributed by atoms with Crippen LogP contribution in [0.5, 0.6) is 0 Å². The first kappa shape index (κ1) is 15.7. The maximum atomic E-state index is 11.5. The molecule has 21 heavy (non-hydrogen) atoms. The minimum absolute atomic E-state index is 0.372. The molecule has 1 fully saturated rings. The van der Waals surface area contributed by atoms with Crippen LogP contribution in [0.15, 0.2) is 24.3 Å². The molecule has 2 heterocycles. The quantitative estimate of drug-likeness (QED) is 0.632. The van der Waals surface area contributed by atoms with Gasteiger partial charge in [-0.25, -0.2) is 4.79 Å². The summed E-state index contributed by atoms with van der Waals surface area (Å²) in [5.74, 6) is 1.41. The Kier molecular flexibility index (Phi) is 4.21. The van der Waals surface area contributed by atoms with Crippen molar-refractivity contribution in [3.63, 3.8) is 0 Å². The zero-order valence-corrected chi connectivity index (χ0v) is 13.0. The molecule has 0 spiro atoms. The van der Waals surface area contributed by atoms with Crippen molar-refractivity contribution in [3.8, 4) is 0 Å². The average molecular weight is 289 g/mol. The zero-order valence-electron chi connectivity index (χ0n) is 13.0. The van der Waals surface area contributed by atoms with Crippen LogP contribution in [0.3, 0.4) is 0 Å². The first-order valence-corrected chi connectivity index (χ1v) is 6.83. The zero-order chi connectivity index (χ0) is 15.7. The van der Waals surface area contributed by atoms with E-state index < -0.39 is 7.12 Å². The maximum absolute atomic E-state index is 11.5. The minimum atomic E-state index is -0.432. The Labute approximate surface area is 125 Å². The second-order valence-corrected chi connectivity index (χ2v) is 5.94. The van der Waals surface area contributed by atoms with Gasteiger partial charge in [0.25, 0.3) is 0 Å². The Morgan fingerprint density at radius 3 is 2.48 bits per heavy atom. The second-order valence-electron chi connectivity index (χ2n) is 5.94. The van der Waals surface area contributed by atoms with E-state index in [0.717, 1.165) is 0 Å². The number of carbonyl (C=O) groups is 1. The number of nitrogens with zero attached hydrogens (tertiary/aromatic N) is 1. The van der Waals surface area contributed by atoms with Gasteiger partial charge in [-0.1, -0.05) is 5.98 Å². The molecule has 6 heteroatoms. The van der Waals surface area contributed by atoms with Gasteiger partial charge in [0.05, 0.1) is 29.6 Å². The minimum Gasteiger partial charge on any atom is -0.465 e. The Morgan fingerprint density at radius 2 is 1.90 bits per heavy atom. The fourth-order valence-corrected chi connectivity index (χ4v) is 1.93. The number of esters is 1. The van der Waals surface area contributed by atoms with Crippen LogP contribution in [0.4, 0.5) is 0 Å². The number of methoxy groups -OCH3 is 1. The van der Waals surface area contributed by atoms with Crippen LogP contribution in [-0.2, 0) is 14.0 Å². The lowest BCUT2D eigenvalue weighted by molar-refractivity contribution is 0.00578. The molecule has 0 atom stereocenters. The Balaban J connectivity index is 2.11. The van der Waals surface area contributed by atoms with Crippen molar-refractivity contribution in [1.29, 1.82) is 0 Å². The third-order valence-corrected chi connectivity index (χ3v) is 3.90. The highest BCUT2D eigenvalue weighted by atomic mass is 16.7. The van der Waals surface area contributed by atoms with Gasteiger partial charge in [0.1, 0.15) is 0 Å². The summed E-state index contributed by atoms with van der Waals surface area (Å²) in [6.45, 7) is 7.99. The summed E-state index contributed by atoms with van der Waals surface area (Å²) in [4.78, 5) is 15.7. The highest BCUT2D eigenvalue weighted by Gasteiger charge is 2.49. The number of carbonyl (C=O) groups excluding carboxylic acids is 1. The summed E-state index contributed by atoms with van der Waals surface area (Å²) < 4.78 is 16.4. The number of hydrogen-bond donors (Lipinski definition) is 0. The average Bonchev–Trinajstić information content (AvgIpc) is 2.64. The van der Waals surface area contributed by atoms with E-state index in [0.29, 0.717) is 11.3 Å². The van der Waals surface area contributed by atoms with Crippen LogP contribution in [0.2, 0.25) is 0 Å². The fraction of sp³-hybridized carbons (Fsp3) is 0.467. The Morgan fingerprint density at radius 1 is 1.29 bits per heavy atom. The molecule has 1 aliphatic rings. The van der Waals surface area contributed by atoms with Gasteiger partial charge >= 0.3 is 13.1 Å². The maximum Gasteiger partial charge on any atom is 0.487 e. The Bertz CT molecular complexity index is 553. The van der Waals surface area contributed by atoms with E-state index in [9.17, 15) is 4.79 Å². The van der Waals surface area contributed by atoms with E-state index in [1.54, 1.807) is 30.4 Å². The number of hydrogen-bond acceptors (Lipinski definition) is 5. The molecule has 0 radical (unpaired) electrons. The van der Waals surface area contributed by atoms with E-state index in [2.05, 4.69) is 9.72 Å². The molecular formula is C15H20BNO4. The van der Waals surface area contributed by atoms with Gasteiger partial charge in [-0.2, -0.15) is 0 Å². The summed E-state index contributed by atoms with van der Waals surface area (Å²) in [7, 11) is 0.918. The van der Waals surface area contributed by atoms with E-state index in [4.69, 9.17) is 9.31 Å². The lowest BCUT2D eigenvalue weighted by atomic mass is 9.89. The van der Waals surface area contributed by atoms with Crippen molar-refractivity contribution < 1.29 is 18.8 Å². The first-order chi connectivity index (χ1) is 9.75. The second kappa shape index (κ2) is 5.62. The molecule has 0 saturated carbocycles. The first-order valence-electron chi connectivity index (χ1n) is 6.83. The molecule has 2 rings (SSSR count). The molecule has 1 aromatic heterocycles.